The van der Waals surface area contributed by atoms with Crippen molar-refractivity contribution in [3.63, 3.8) is 0 Å². The van der Waals surface area contributed by atoms with Gasteiger partial charge in [0.05, 0.1) is 11.7 Å². The van der Waals surface area contributed by atoms with Crippen molar-refractivity contribution < 1.29 is 15.0 Å². The van der Waals surface area contributed by atoms with Gasteiger partial charge in [-0.15, -0.1) is 0 Å². The molecule has 3 fully saturated rings. The number of ketones is 1. The molecule has 2 unspecified atom stereocenters. The smallest absolute Gasteiger partial charge is 0.156 e. The van der Waals surface area contributed by atoms with Crippen LogP contribution in [0.3, 0.4) is 0 Å². The van der Waals surface area contributed by atoms with Crippen molar-refractivity contribution in [2.45, 2.75) is 75.4 Å². The van der Waals surface area contributed by atoms with Crippen LogP contribution in [0.15, 0.2) is 58.4 Å². The molecule has 0 amide bonds. The predicted molar refractivity (Wildman–Crippen MR) is 124 cm³/mol. The van der Waals surface area contributed by atoms with Gasteiger partial charge in [0.15, 0.2) is 5.78 Å². The Kier molecular flexibility index (Phi) is 5.08. The molecule has 1 aromatic rings. The molecule has 7 atom stereocenters. The van der Waals surface area contributed by atoms with E-state index in [4.69, 9.17) is 0 Å². The van der Waals surface area contributed by atoms with E-state index >= 15 is 0 Å². The molecule has 4 heteroatoms. The van der Waals surface area contributed by atoms with Gasteiger partial charge >= 0.3 is 0 Å². The Morgan fingerprint density at radius 3 is 2.58 bits per heavy atom. The number of rotatable bonds is 3. The van der Waals surface area contributed by atoms with E-state index < -0.39 is 17.1 Å². The van der Waals surface area contributed by atoms with E-state index in [0.717, 1.165) is 35.5 Å². The van der Waals surface area contributed by atoms with E-state index in [2.05, 4.69) is 32.6 Å². The van der Waals surface area contributed by atoms with Gasteiger partial charge in [-0.3, -0.25) is 4.79 Å². The number of hydrogen-bond donors (Lipinski definition) is 2. The first kappa shape index (κ1) is 21.5. The normalized spacial score (nSPS) is 44.1. The van der Waals surface area contributed by atoms with Gasteiger partial charge in [0.25, 0.3) is 0 Å². The van der Waals surface area contributed by atoms with Crippen LogP contribution in [0.4, 0.5) is 0 Å². The zero-order chi connectivity index (χ0) is 22.0. The Morgan fingerprint density at radius 2 is 1.84 bits per heavy atom. The average Bonchev–Trinajstić information content (AvgIpc) is 2.99. The summed E-state index contributed by atoms with van der Waals surface area (Å²) in [6.07, 6.45) is 6.96. The standard InChI is InChI=1S/C27H34O3S/c1-17(31-20-7-5-4-6-8-20)23-16-19(28)15-18-9-10-22-21(26(18,23)3)11-13-25(2)24(29)12-14-27(22,25)30/h4-8,15,21-24,29-30H,1,9-14,16H2,2-3H3/t21-,22-,23?,24?,25-,26+,27-/m1/s1. The SMILES string of the molecule is C=C(Sc1ccccc1)C1CC(=O)C=C2CC[C@@H]3[C@@H](CC[C@]4(C)C(O)CC[C@@]34O)[C@]21C. The lowest BCUT2D eigenvalue weighted by atomic mass is 9.44. The Balaban J connectivity index is 1.52. The summed E-state index contributed by atoms with van der Waals surface area (Å²) in [5, 5.41) is 22.7. The molecular formula is C27H34O3S. The number of benzene rings is 1. The van der Waals surface area contributed by atoms with Crippen LogP contribution in [-0.2, 0) is 4.79 Å². The lowest BCUT2D eigenvalue weighted by Gasteiger charge is -2.62. The number of hydrogen-bond acceptors (Lipinski definition) is 4. The van der Waals surface area contributed by atoms with Crippen LogP contribution >= 0.6 is 11.8 Å². The molecule has 5 rings (SSSR count). The van der Waals surface area contributed by atoms with Gasteiger partial charge in [-0.2, -0.15) is 0 Å². The van der Waals surface area contributed by atoms with E-state index in [0.29, 0.717) is 25.2 Å². The predicted octanol–water partition coefficient (Wildman–Crippen LogP) is 5.53. The maximum atomic E-state index is 12.7. The second kappa shape index (κ2) is 7.33. The topological polar surface area (TPSA) is 57.5 Å². The minimum atomic E-state index is -0.816. The molecule has 1 aromatic carbocycles. The quantitative estimate of drug-likeness (QED) is 0.610. The van der Waals surface area contributed by atoms with Crippen LogP contribution in [0.5, 0.6) is 0 Å². The molecule has 0 aromatic heterocycles. The fourth-order valence-corrected chi connectivity index (χ4v) is 8.81. The molecular weight excluding hydrogens is 404 g/mol. The second-order valence-electron chi connectivity index (χ2n) is 10.7. The van der Waals surface area contributed by atoms with Crippen LogP contribution in [0.1, 0.15) is 58.8 Å². The number of carbonyl (C=O) groups is 1. The Labute approximate surface area is 190 Å². The molecule has 0 bridgehead atoms. The molecule has 4 aliphatic rings. The zero-order valence-corrected chi connectivity index (χ0v) is 19.5. The Hall–Kier alpha value is -1.36. The third kappa shape index (κ3) is 2.98. The summed E-state index contributed by atoms with van der Waals surface area (Å²) in [6, 6.07) is 10.3. The van der Waals surface area contributed by atoms with Crippen LogP contribution in [-0.4, -0.2) is 27.7 Å². The molecule has 3 saturated carbocycles. The van der Waals surface area contributed by atoms with Crippen molar-refractivity contribution in [3.8, 4) is 0 Å². The number of fused-ring (bicyclic) bond motifs is 5. The second-order valence-corrected chi connectivity index (χ2v) is 11.9. The first-order chi connectivity index (χ1) is 14.7. The molecule has 0 saturated heterocycles. The number of aliphatic hydroxyl groups excluding tert-OH is 1. The van der Waals surface area contributed by atoms with Crippen molar-refractivity contribution in [2.24, 2.45) is 28.6 Å². The molecule has 2 N–H and O–H groups in total. The van der Waals surface area contributed by atoms with Gasteiger partial charge in [0.2, 0.25) is 0 Å². The van der Waals surface area contributed by atoms with Gasteiger partial charge in [-0.05, 0) is 78.9 Å². The van der Waals surface area contributed by atoms with Gasteiger partial charge in [0, 0.05) is 22.6 Å². The van der Waals surface area contributed by atoms with E-state index in [1.165, 1.54) is 5.57 Å². The number of aliphatic hydroxyl groups is 2. The van der Waals surface area contributed by atoms with E-state index in [1.807, 2.05) is 24.3 Å². The average molecular weight is 439 g/mol. The van der Waals surface area contributed by atoms with Crippen LogP contribution < -0.4 is 0 Å². The van der Waals surface area contributed by atoms with Gasteiger partial charge in [0.1, 0.15) is 0 Å². The Bertz CT molecular complexity index is 939. The molecule has 4 aliphatic carbocycles. The number of allylic oxidation sites excluding steroid dienone is 2. The fourth-order valence-electron chi connectivity index (χ4n) is 7.74. The first-order valence-corrected chi connectivity index (χ1v) is 12.6. The van der Waals surface area contributed by atoms with Crippen LogP contribution in [0.2, 0.25) is 0 Å². The van der Waals surface area contributed by atoms with E-state index in [1.54, 1.807) is 11.8 Å². The summed E-state index contributed by atoms with van der Waals surface area (Å²) in [4.78, 5) is 14.9. The van der Waals surface area contributed by atoms with Gasteiger partial charge < -0.3 is 10.2 Å². The molecule has 0 heterocycles. The van der Waals surface area contributed by atoms with Crippen molar-refractivity contribution in [1.82, 2.24) is 0 Å². The molecule has 0 aliphatic heterocycles. The van der Waals surface area contributed by atoms with Gasteiger partial charge in [-0.1, -0.05) is 56.0 Å². The lowest BCUT2D eigenvalue weighted by Crippen LogP contribution is -2.62. The molecule has 166 valence electrons. The minimum absolute atomic E-state index is 0.0669. The maximum absolute atomic E-state index is 12.7. The lowest BCUT2D eigenvalue weighted by molar-refractivity contribution is -0.196. The number of carbonyl (C=O) groups excluding carboxylic acids is 1. The fraction of sp³-hybridized carbons (Fsp3) is 0.593. The minimum Gasteiger partial charge on any atom is -0.392 e. The van der Waals surface area contributed by atoms with E-state index in [9.17, 15) is 15.0 Å². The molecule has 0 radical (unpaired) electrons. The highest BCUT2D eigenvalue weighted by Crippen LogP contribution is 2.68. The third-order valence-electron chi connectivity index (χ3n) is 9.63. The summed E-state index contributed by atoms with van der Waals surface area (Å²) < 4.78 is 0. The van der Waals surface area contributed by atoms with Crippen LogP contribution in [0, 0.1) is 28.6 Å². The third-order valence-corrected chi connectivity index (χ3v) is 10.7. The largest absolute Gasteiger partial charge is 0.392 e. The highest BCUT2D eigenvalue weighted by Gasteiger charge is 2.67. The van der Waals surface area contributed by atoms with Crippen molar-refractivity contribution in [1.29, 1.82) is 0 Å². The van der Waals surface area contributed by atoms with Crippen molar-refractivity contribution in [3.05, 3.63) is 53.5 Å². The monoisotopic (exact) mass is 438 g/mol. The maximum Gasteiger partial charge on any atom is 0.156 e. The van der Waals surface area contributed by atoms with Crippen LogP contribution in [0.25, 0.3) is 0 Å². The summed E-state index contributed by atoms with van der Waals surface area (Å²) >= 11 is 1.69. The summed E-state index contributed by atoms with van der Waals surface area (Å²) in [5.74, 6) is 0.747. The first-order valence-electron chi connectivity index (χ1n) is 11.8. The van der Waals surface area contributed by atoms with Crippen molar-refractivity contribution >= 4 is 17.5 Å². The zero-order valence-electron chi connectivity index (χ0n) is 18.6. The van der Waals surface area contributed by atoms with E-state index in [-0.39, 0.29) is 23.0 Å². The summed E-state index contributed by atoms with van der Waals surface area (Å²) in [6.45, 7) is 8.90. The van der Waals surface area contributed by atoms with Crippen molar-refractivity contribution in [2.75, 3.05) is 0 Å². The Morgan fingerprint density at radius 1 is 1.10 bits per heavy atom. The van der Waals surface area contributed by atoms with Gasteiger partial charge in [-0.25, -0.2) is 0 Å². The highest BCUT2D eigenvalue weighted by atomic mass is 32.2. The molecule has 3 nitrogen and oxygen atoms in total. The molecule has 0 spiro atoms. The highest BCUT2D eigenvalue weighted by molar-refractivity contribution is 8.03. The summed E-state index contributed by atoms with van der Waals surface area (Å²) in [5.41, 5.74) is -0.137. The summed E-state index contributed by atoms with van der Waals surface area (Å²) in [7, 11) is 0. The molecule has 31 heavy (non-hydrogen) atoms. The number of thioether (sulfide) groups is 1.